The van der Waals surface area contributed by atoms with Gasteiger partial charge in [0.2, 0.25) is 0 Å². The van der Waals surface area contributed by atoms with Gasteiger partial charge in [-0.3, -0.25) is 0 Å². The molecule has 1 atom stereocenters. The molecule has 0 saturated heterocycles. The topological polar surface area (TPSA) is 20.2 Å². The zero-order chi connectivity index (χ0) is 9.19. The van der Waals surface area contributed by atoms with Crippen molar-refractivity contribution in [2.45, 2.75) is 31.9 Å². The number of alkyl halides is 3. The number of halogens is 3. The maximum Gasteiger partial charge on any atom is 0.389 e. The maximum atomic E-state index is 11.9. The van der Waals surface area contributed by atoms with E-state index in [1.165, 1.54) is 0 Å². The first-order chi connectivity index (χ1) is 5.53. The van der Waals surface area contributed by atoms with Crippen molar-refractivity contribution in [2.75, 3.05) is 6.61 Å². The fourth-order valence-corrected chi connectivity index (χ4v) is 1.59. The van der Waals surface area contributed by atoms with E-state index in [-0.39, 0.29) is 12.5 Å². The number of hydrogen-bond donors (Lipinski definition) is 1. The van der Waals surface area contributed by atoms with Crippen LogP contribution in [0.2, 0.25) is 0 Å². The molecule has 72 valence electrons. The van der Waals surface area contributed by atoms with E-state index < -0.39 is 18.5 Å². The lowest BCUT2D eigenvalue weighted by atomic mass is 9.75. The SMILES string of the molecule is OCC(CC(F)(F)F)C1CCC1. The normalized spacial score (nSPS) is 22.0. The van der Waals surface area contributed by atoms with Crippen LogP contribution in [0.3, 0.4) is 0 Å². The highest BCUT2D eigenvalue weighted by molar-refractivity contribution is 4.78. The Kier molecular flexibility index (Phi) is 2.99. The third-order valence-corrected chi connectivity index (χ3v) is 2.54. The highest BCUT2D eigenvalue weighted by Gasteiger charge is 2.37. The Morgan fingerprint density at radius 2 is 1.92 bits per heavy atom. The molecule has 1 nitrogen and oxygen atoms in total. The van der Waals surface area contributed by atoms with Crippen LogP contribution in [0.1, 0.15) is 25.7 Å². The summed E-state index contributed by atoms with van der Waals surface area (Å²) in [5.74, 6) is -0.449. The second-order valence-electron chi connectivity index (χ2n) is 3.45. The molecule has 0 aromatic carbocycles. The van der Waals surface area contributed by atoms with Gasteiger partial charge in [0.25, 0.3) is 0 Å². The Morgan fingerprint density at radius 3 is 2.17 bits per heavy atom. The van der Waals surface area contributed by atoms with Crippen molar-refractivity contribution in [3.05, 3.63) is 0 Å². The molecule has 0 radical (unpaired) electrons. The van der Waals surface area contributed by atoms with Crippen LogP contribution >= 0.6 is 0 Å². The molecule has 1 fully saturated rings. The van der Waals surface area contributed by atoms with Crippen LogP contribution in [0, 0.1) is 11.8 Å². The smallest absolute Gasteiger partial charge is 0.389 e. The molecule has 4 heteroatoms. The Balaban J connectivity index is 2.34. The summed E-state index contributed by atoms with van der Waals surface area (Å²) in [5, 5.41) is 8.72. The van der Waals surface area contributed by atoms with Gasteiger partial charge in [-0.25, -0.2) is 0 Å². The fraction of sp³-hybridized carbons (Fsp3) is 1.00. The maximum absolute atomic E-state index is 11.9. The molecular weight excluding hydrogens is 169 g/mol. The van der Waals surface area contributed by atoms with Crippen LogP contribution in [-0.4, -0.2) is 17.9 Å². The van der Waals surface area contributed by atoms with Gasteiger partial charge < -0.3 is 5.11 Å². The third-order valence-electron chi connectivity index (χ3n) is 2.54. The van der Waals surface area contributed by atoms with Gasteiger partial charge in [0.1, 0.15) is 0 Å². The van der Waals surface area contributed by atoms with Crippen molar-refractivity contribution < 1.29 is 18.3 Å². The van der Waals surface area contributed by atoms with Gasteiger partial charge in [-0.05, 0) is 11.8 Å². The largest absolute Gasteiger partial charge is 0.396 e. The summed E-state index contributed by atoms with van der Waals surface area (Å²) in [7, 11) is 0. The van der Waals surface area contributed by atoms with E-state index in [0.29, 0.717) is 0 Å². The van der Waals surface area contributed by atoms with Gasteiger partial charge in [0.15, 0.2) is 0 Å². The molecule has 1 N–H and O–H groups in total. The van der Waals surface area contributed by atoms with E-state index in [0.717, 1.165) is 19.3 Å². The third kappa shape index (κ3) is 2.66. The number of aliphatic hydroxyl groups is 1. The fourth-order valence-electron chi connectivity index (χ4n) is 1.59. The first-order valence-electron chi connectivity index (χ1n) is 4.20. The van der Waals surface area contributed by atoms with Gasteiger partial charge in [-0.15, -0.1) is 0 Å². The van der Waals surface area contributed by atoms with E-state index in [9.17, 15) is 13.2 Å². The van der Waals surface area contributed by atoms with Crippen LogP contribution in [0.25, 0.3) is 0 Å². The minimum absolute atomic E-state index is 0.108. The van der Waals surface area contributed by atoms with Gasteiger partial charge >= 0.3 is 6.18 Å². The molecule has 1 unspecified atom stereocenters. The molecule has 12 heavy (non-hydrogen) atoms. The Hall–Kier alpha value is -0.250. The first-order valence-corrected chi connectivity index (χ1v) is 4.20. The molecule has 1 aliphatic rings. The lowest BCUT2D eigenvalue weighted by molar-refractivity contribution is -0.154. The molecular formula is C8H13F3O. The second-order valence-corrected chi connectivity index (χ2v) is 3.45. The summed E-state index contributed by atoms with van der Waals surface area (Å²) in [6.45, 7) is -0.329. The van der Waals surface area contributed by atoms with Gasteiger partial charge in [0, 0.05) is 13.0 Å². The highest BCUT2D eigenvalue weighted by Crippen LogP contribution is 2.38. The average Bonchev–Trinajstić information content (AvgIpc) is 1.79. The van der Waals surface area contributed by atoms with E-state index >= 15 is 0 Å². The molecule has 0 aliphatic heterocycles. The van der Waals surface area contributed by atoms with Gasteiger partial charge in [-0.1, -0.05) is 19.3 Å². The van der Waals surface area contributed by atoms with Crippen LogP contribution in [-0.2, 0) is 0 Å². The Bertz CT molecular complexity index is 140. The minimum atomic E-state index is -4.12. The summed E-state index contributed by atoms with van der Waals surface area (Å²) in [4.78, 5) is 0. The zero-order valence-electron chi connectivity index (χ0n) is 6.77. The minimum Gasteiger partial charge on any atom is -0.396 e. The van der Waals surface area contributed by atoms with E-state index in [1.807, 2.05) is 0 Å². The van der Waals surface area contributed by atoms with Crippen LogP contribution in [0.4, 0.5) is 13.2 Å². The molecule has 0 aromatic heterocycles. The van der Waals surface area contributed by atoms with Crippen molar-refractivity contribution in [2.24, 2.45) is 11.8 Å². The average molecular weight is 182 g/mol. The molecule has 0 amide bonds. The molecule has 1 aliphatic carbocycles. The second kappa shape index (κ2) is 3.64. The van der Waals surface area contributed by atoms with Gasteiger partial charge in [-0.2, -0.15) is 13.2 Å². The number of rotatable bonds is 3. The standard InChI is InChI=1S/C8H13F3O/c9-8(10,11)4-7(5-12)6-2-1-3-6/h6-7,12H,1-5H2. The van der Waals surface area contributed by atoms with E-state index in [1.54, 1.807) is 0 Å². The van der Waals surface area contributed by atoms with E-state index in [4.69, 9.17) is 5.11 Å². The van der Waals surface area contributed by atoms with Crippen molar-refractivity contribution in [3.8, 4) is 0 Å². The summed E-state index contributed by atoms with van der Waals surface area (Å²) < 4.78 is 35.7. The summed E-state index contributed by atoms with van der Waals surface area (Å²) in [6.07, 6.45) is -2.24. The Labute approximate surface area is 69.6 Å². The van der Waals surface area contributed by atoms with Gasteiger partial charge in [0.05, 0.1) is 0 Å². The highest BCUT2D eigenvalue weighted by atomic mass is 19.4. The molecule has 1 saturated carbocycles. The summed E-state index contributed by atoms with van der Waals surface area (Å²) in [6, 6.07) is 0. The monoisotopic (exact) mass is 182 g/mol. The van der Waals surface area contributed by atoms with Crippen LogP contribution in [0.5, 0.6) is 0 Å². The summed E-state index contributed by atoms with van der Waals surface area (Å²) >= 11 is 0. The molecule has 0 aromatic rings. The predicted molar refractivity (Wildman–Crippen MR) is 38.6 cm³/mol. The lowest BCUT2D eigenvalue weighted by Gasteiger charge is -2.33. The summed E-state index contributed by atoms with van der Waals surface area (Å²) in [5.41, 5.74) is 0. The van der Waals surface area contributed by atoms with Crippen LogP contribution in [0.15, 0.2) is 0 Å². The van der Waals surface area contributed by atoms with E-state index in [2.05, 4.69) is 0 Å². The van der Waals surface area contributed by atoms with Crippen molar-refractivity contribution in [1.29, 1.82) is 0 Å². The molecule has 0 heterocycles. The van der Waals surface area contributed by atoms with Crippen molar-refractivity contribution in [3.63, 3.8) is 0 Å². The number of aliphatic hydroxyl groups excluding tert-OH is 1. The molecule has 0 bridgehead atoms. The van der Waals surface area contributed by atoms with Crippen molar-refractivity contribution in [1.82, 2.24) is 0 Å². The molecule has 0 spiro atoms. The molecule has 1 rings (SSSR count). The Morgan fingerprint density at radius 1 is 1.33 bits per heavy atom. The van der Waals surface area contributed by atoms with Crippen LogP contribution < -0.4 is 0 Å². The predicted octanol–water partition coefficient (Wildman–Crippen LogP) is 2.35. The van der Waals surface area contributed by atoms with Crippen molar-refractivity contribution >= 4 is 0 Å². The zero-order valence-corrected chi connectivity index (χ0v) is 6.77. The first kappa shape index (κ1) is 9.84. The quantitative estimate of drug-likeness (QED) is 0.710. The number of hydrogen-bond acceptors (Lipinski definition) is 1. The lowest BCUT2D eigenvalue weighted by Crippen LogP contribution is -2.29.